The Bertz CT molecular complexity index is 1450. The van der Waals surface area contributed by atoms with Gasteiger partial charge in [0, 0.05) is 18.0 Å². The van der Waals surface area contributed by atoms with E-state index >= 15 is 0 Å². The standard InChI is InChI=1S/C27H23N5O4S/c1-17-5-3-7-20(13-17)35-11-12-36-22-9-8-18(15-23(22)34-2)14-21-24(28)32-27(30-25(21)33)37-26(31-32)19-6-4-10-29-16-19/h3-10,13-16,28H,11-12H2,1-2H3. The number of nitrogens with one attached hydrogen (secondary N) is 1. The summed E-state index contributed by atoms with van der Waals surface area (Å²) < 4.78 is 17.1. The number of aromatic nitrogens is 1. The third kappa shape index (κ3) is 5.39. The first-order valence-corrected chi connectivity index (χ1v) is 12.2. The maximum atomic E-state index is 12.8. The predicted octanol–water partition coefficient (Wildman–Crippen LogP) is 4.52. The molecular weight excluding hydrogens is 490 g/mol. The largest absolute Gasteiger partial charge is 0.493 e. The number of ether oxygens (including phenoxy) is 3. The maximum absolute atomic E-state index is 12.8. The number of fused-ring (bicyclic) bond motifs is 1. The Morgan fingerprint density at radius 2 is 1.92 bits per heavy atom. The van der Waals surface area contributed by atoms with Crippen LogP contribution < -0.4 is 14.2 Å². The summed E-state index contributed by atoms with van der Waals surface area (Å²) in [5.74, 6) is 1.28. The van der Waals surface area contributed by atoms with E-state index in [0.29, 0.717) is 40.5 Å². The van der Waals surface area contributed by atoms with Gasteiger partial charge in [-0.25, -0.2) is 0 Å². The summed E-state index contributed by atoms with van der Waals surface area (Å²) in [7, 11) is 1.54. The van der Waals surface area contributed by atoms with Crippen LogP contribution in [0.3, 0.4) is 0 Å². The van der Waals surface area contributed by atoms with Crippen LogP contribution in [0.5, 0.6) is 17.2 Å². The van der Waals surface area contributed by atoms with Crippen LogP contribution in [0, 0.1) is 12.3 Å². The number of amidine groups is 2. The molecule has 186 valence electrons. The first kappa shape index (κ1) is 24.3. The zero-order valence-electron chi connectivity index (χ0n) is 20.2. The van der Waals surface area contributed by atoms with E-state index in [4.69, 9.17) is 19.6 Å². The quantitative estimate of drug-likeness (QED) is 0.348. The van der Waals surface area contributed by atoms with Crippen molar-refractivity contribution in [2.24, 2.45) is 10.1 Å². The third-order valence-corrected chi connectivity index (χ3v) is 6.42. The van der Waals surface area contributed by atoms with Gasteiger partial charge in [0.05, 0.1) is 12.7 Å². The van der Waals surface area contributed by atoms with E-state index < -0.39 is 5.91 Å². The molecule has 0 spiro atoms. The molecule has 0 radical (unpaired) electrons. The molecule has 5 rings (SSSR count). The van der Waals surface area contributed by atoms with Gasteiger partial charge in [0.2, 0.25) is 5.17 Å². The van der Waals surface area contributed by atoms with Gasteiger partial charge in [0.25, 0.3) is 5.91 Å². The van der Waals surface area contributed by atoms with E-state index in [1.807, 2.05) is 37.3 Å². The number of aryl methyl sites for hydroxylation is 1. The molecular formula is C27H23N5O4S. The average Bonchev–Trinajstić information content (AvgIpc) is 3.34. The Kier molecular flexibility index (Phi) is 7.00. The van der Waals surface area contributed by atoms with Gasteiger partial charge in [-0.2, -0.15) is 15.1 Å². The number of amides is 1. The van der Waals surface area contributed by atoms with Gasteiger partial charge in [-0.1, -0.05) is 18.2 Å². The zero-order chi connectivity index (χ0) is 25.8. The molecule has 0 saturated carbocycles. The van der Waals surface area contributed by atoms with Crippen molar-refractivity contribution < 1.29 is 19.0 Å². The Morgan fingerprint density at radius 3 is 2.70 bits per heavy atom. The van der Waals surface area contributed by atoms with E-state index in [2.05, 4.69) is 15.1 Å². The highest BCUT2D eigenvalue weighted by atomic mass is 32.2. The van der Waals surface area contributed by atoms with Crippen LogP contribution in [0.25, 0.3) is 6.08 Å². The highest BCUT2D eigenvalue weighted by Gasteiger charge is 2.36. The minimum atomic E-state index is -0.501. The van der Waals surface area contributed by atoms with Gasteiger partial charge in [0.15, 0.2) is 17.3 Å². The molecule has 1 N–H and O–H groups in total. The molecule has 3 heterocycles. The van der Waals surface area contributed by atoms with E-state index in [-0.39, 0.29) is 11.4 Å². The van der Waals surface area contributed by atoms with Crippen LogP contribution >= 0.6 is 11.8 Å². The summed E-state index contributed by atoms with van der Waals surface area (Å²) in [6.45, 7) is 2.71. The third-order valence-electron chi connectivity index (χ3n) is 5.46. The number of methoxy groups -OCH3 is 1. The van der Waals surface area contributed by atoms with Crippen LogP contribution in [0.4, 0.5) is 0 Å². The fourth-order valence-electron chi connectivity index (χ4n) is 3.67. The molecule has 1 aromatic heterocycles. The SMILES string of the molecule is COc1cc(C=C2C(=N)N3N=C(c4cccnc4)SC3=NC2=O)ccc1OCCOc1cccc(C)c1. The molecule has 3 aromatic rings. The van der Waals surface area contributed by atoms with Crippen molar-refractivity contribution in [2.75, 3.05) is 20.3 Å². The second-order valence-electron chi connectivity index (χ2n) is 8.09. The number of benzene rings is 2. The van der Waals surface area contributed by atoms with Crippen LogP contribution in [0.2, 0.25) is 0 Å². The number of aliphatic imine (C=N–C) groups is 1. The van der Waals surface area contributed by atoms with Crippen molar-refractivity contribution in [1.29, 1.82) is 5.41 Å². The lowest BCUT2D eigenvalue weighted by Gasteiger charge is -2.20. The molecule has 0 aliphatic carbocycles. The maximum Gasteiger partial charge on any atom is 0.283 e. The highest BCUT2D eigenvalue weighted by Crippen LogP contribution is 2.32. The van der Waals surface area contributed by atoms with Gasteiger partial charge in [-0.05, 0) is 72.3 Å². The molecule has 0 atom stereocenters. The molecule has 2 aromatic carbocycles. The number of hydrogen-bond donors (Lipinski definition) is 1. The monoisotopic (exact) mass is 513 g/mol. The molecule has 10 heteroatoms. The van der Waals surface area contributed by atoms with Crippen molar-refractivity contribution in [3.8, 4) is 17.2 Å². The van der Waals surface area contributed by atoms with E-state index in [1.165, 1.54) is 16.8 Å². The minimum absolute atomic E-state index is 0.0472. The predicted molar refractivity (Wildman–Crippen MR) is 144 cm³/mol. The van der Waals surface area contributed by atoms with Crippen molar-refractivity contribution in [3.63, 3.8) is 0 Å². The summed E-state index contributed by atoms with van der Waals surface area (Å²) in [5.41, 5.74) is 2.71. The Balaban J connectivity index is 1.28. The second-order valence-corrected chi connectivity index (χ2v) is 9.05. The van der Waals surface area contributed by atoms with Gasteiger partial charge in [-0.15, -0.1) is 0 Å². The van der Waals surface area contributed by atoms with Crippen molar-refractivity contribution in [1.82, 2.24) is 9.99 Å². The number of carbonyl (C=O) groups excluding carboxylic acids is 1. The van der Waals surface area contributed by atoms with Crippen LogP contribution in [-0.4, -0.2) is 52.3 Å². The normalized spacial score (nSPS) is 15.8. The average molecular weight is 514 g/mol. The summed E-state index contributed by atoms with van der Waals surface area (Å²) in [4.78, 5) is 21.0. The highest BCUT2D eigenvalue weighted by molar-refractivity contribution is 8.27. The fraction of sp³-hybridized carbons (Fsp3) is 0.148. The molecule has 0 fully saturated rings. The fourth-order valence-corrected chi connectivity index (χ4v) is 4.56. The van der Waals surface area contributed by atoms with Gasteiger partial charge >= 0.3 is 0 Å². The summed E-state index contributed by atoms with van der Waals surface area (Å²) in [6, 6.07) is 16.8. The lowest BCUT2D eigenvalue weighted by molar-refractivity contribution is -0.114. The first-order valence-electron chi connectivity index (χ1n) is 11.4. The first-order chi connectivity index (χ1) is 18.0. The van der Waals surface area contributed by atoms with E-state index in [1.54, 1.807) is 49.8 Å². The van der Waals surface area contributed by atoms with Crippen LogP contribution in [0.15, 0.2) is 82.7 Å². The number of rotatable bonds is 8. The lowest BCUT2D eigenvalue weighted by atomic mass is 10.1. The molecule has 2 aliphatic rings. The minimum Gasteiger partial charge on any atom is -0.493 e. The molecule has 37 heavy (non-hydrogen) atoms. The Labute approximate surface area is 218 Å². The topological polar surface area (TPSA) is 109 Å². The molecule has 0 unspecified atom stereocenters. The molecule has 0 saturated heterocycles. The summed E-state index contributed by atoms with van der Waals surface area (Å²) in [5, 5.41) is 15.4. The van der Waals surface area contributed by atoms with Crippen molar-refractivity contribution in [2.45, 2.75) is 6.92 Å². The summed E-state index contributed by atoms with van der Waals surface area (Å²) >= 11 is 1.23. The summed E-state index contributed by atoms with van der Waals surface area (Å²) in [6.07, 6.45) is 4.95. The Hall–Kier alpha value is -4.44. The number of carbonyl (C=O) groups is 1. The number of thioether (sulfide) groups is 1. The molecule has 1 amide bonds. The van der Waals surface area contributed by atoms with Gasteiger partial charge < -0.3 is 14.2 Å². The number of hydrogen-bond acceptors (Lipinski definition) is 8. The molecule has 9 nitrogen and oxygen atoms in total. The van der Waals surface area contributed by atoms with E-state index in [9.17, 15) is 4.79 Å². The number of hydrazone groups is 1. The smallest absolute Gasteiger partial charge is 0.283 e. The van der Waals surface area contributed by atoms with Crippen LogP contribution in [-0.2, 0) is 4.79 Å². The number of pyridine rings is 1. The van der Waals surface area contributed by atoms with Gasteiger partial charge in [0.1, 0.15) is 24.0 Å². The van der Waals surface area contributed by atoms with Crippen molar-refractivity contribution >= 4 is 39.8 Å². The Morgan fingerprint density at radius 1 is 1.05 bits per heavy atom. The van der Waals surface area contributed by atoms with E-state index in [0.717, 1.165) is 16.9 Å². The second kappa shape index (κ2) is 10.7. The van der Waals surface area contributed by atoms with Gasteiger partial charge in [-0.3, -0.25) is 15.2 Å². The zero-order valence-corrected chi connectivity index (χ0v) is 21.0. The lowest BCUT2D eigenvalue weighted by Crippen LogP contribution is -2.35. The number of nitrogens with zero attached hydrogens (tertiary/aromatic N) is 4. The van der Waals surface area contributed by atoms with Crippen molar-refractivity contribution in [3.05, 3.63) is 89.3 Å². The molecule has 0 bridgehead atoms. The molecule has 2 aliphatic heterocycles. The van der Waals surface area contributed by atoms with Crippen LogP contribution in [0.1, 0.15) is 16.7 Å².